The fourth-order valence-corrected chi connectivity index (χ4v) is 5.01. The number of hydrogen-bond donors (Lipinski definition) is 1. The van der Waals surface area contributed by atoms with E-state index in [9.17, 15) is 9.59 Å². The van der Waals surface area contributed by atoms with E-state index in [4.69, 9.17) is 4.74 Å². The highest BCUT2D eigenvalue weighted by Crippen LogP contribution is 2.17. The van der Waals surface area contributed by atoms with Crippen molar-refractivity contribution in [3.63, 3.8) is 0 Å². The molecule has 2 aliphatic heterocycles. The quantitative estimate of drug-likeness (QED) is 0.488. The molecular weight excluding hydrogens is 492 g/mol. The molecule has 204 valence electrons. The third-order valence-corrected chi connectivity index (χ3v) is 7.22. The van der Waals surface area contributed by atoms with Gasteiger partial charge in [-0.15, -0.1) is 0 Å². The number of nitrogens with zero attached hydrogens (tertiary/aromatic N) is 5. The molecule has 0 atom stereocenters. The second-order valence-corrected chi connectivity index (χ2v) is 10.3. The number of piperazine rings is 1. The number of ether oxygens (including phenoxy) is 1. The number of aromatic nitrogens is 2. The SMILES string of the molecule is Cc1cccc(CN2CCN(C(=O)Oc3ccc(NC(=O)c4ccc(CN5CCCCC5)cc4)nc3)CC2)n1. The van der Waals surface area contributed by atoms with Gasteiger partial charge in [-0.1, -0.05) is 24.6 Å². The topological polar surface area (TPSA) is 90.9 Å². The van der Waals surface area contributed by atoms with Crippen molar-refractivity contribution in [1.29, 1.82) is 0 Å². The van der Waals surface area contributed by atoms with E-state index in [0.717, 1.165) is 50.7 Å². The summed E-state index contributed by atoms with van der Waals surface area (Å²) in [5, 5.41) is 2.81. The summed E-state index contributed by atoms with van der Waals surface area (Å²) in [5.41, 5.74) is 3.83. The zero-order chi connectivity index (χ0) is 27.0. The lowest BCUT2D eigenvalue weighted by Crippen LogP contribution is -2.49. The van der Waals surface area contributed by atoms with E-state index in [0.29, 0.717) is 30.2 Å². The zero-order valence-corrected chi connectivity index (χ0v) is 22.5. The van der Waals surface area contributed by atoms with Gasteiger partial charge in [-0.2, -0.15) is 0 Å². The molecule has 2 fully saturated rings. The molecule has 1 N–H and O–H groups in total. The molecular formula is C30H36N6O3. The second-order valence-electron chi connectivity index (χ2n) is 10.3. The summed E-state index contributed by atoms with van der Waals surface area (Å²) < 4.78 is 5.52. The van der Waals surface area contributed by atoms with Gasteiger partial charge in [-0.3, -0.25) is 19.6 Å². The van der Waals surface area contributed by atoms with Gasteiger partial charge in [0.05, 0.1) is 11.9 Å². The summed E-state index contributed by atoms with van der Waals surface area (Å²) in [6.07, 6.45) is 4.89. The Bertz CT molecular complexity index is 1250. The third kappa shape index (κ3) is 7.61. The molecule has 2 aromatic heterocycles. The van der Waals surface area contributed by atoms with E-state index < -0.39 is 6.09 Å². The first-order chi connectivity index (χ1) is 19.0. The van der Waals surface area contributed by atoms with Crippen molar-refractivity contribution in [3.8, 4) is 5.75 Å². The number of aryl methyl sites for hydroxylation is 1. The molecule has 2 aliphatic rings. The van der Waals surface area contributed by atoms with E-state index in [1.165, 1.54) is 31.0 Å². The fourth-order valence-electron chi connectivity index (χ4n) is 5.01. The van der Waals surface area contributed by atoms with Gasteiger partial charge in [0.25, 0.3) is 5.91 Å². The van der Waals surface area contributed by atoms with Gasteiger partial charge in [-0.25, -0.2) is 9.78 Å². The Kier molecular flexibility index (Phi) is 8.80. The van der Waals surface area contributed by atoms with E-state index in [1.54, 1.807) is 17.0 Å². The van der Waals surface area contributed by atoms with Crippen molar-refractivity contribution in [3.05, 3.63) is 83.3 Å². The molecule has 0 aliphatic carbocycles. The van der Waals surface area contributed by atoms with Crippen molar-refractivity contribution in [1.82, 2.24) is 24.7 Å². The van der Waals surface area contributed by atoms with Gasteiger partial charge in [0.2, 0.25) is 0 Å². The number of hydrogen-bond acceptors (Lipinski definition) is 7. The average Bonchev–Trinajstić information content (AvgIpc) is 2.95. The van der Waals surface area contributed by atoms with Crippen LogP contribution in [-0.4, -0.2) is 75.9 Å². The molecule has 0 saturated carbocycles. The normalized spacial score (nSPS) is 16.6. The summed E-state index contributed by atoms with van der Waals surface area (Å²) >= 11 is 0. The predicted molar refractivity (Wildman–Crippen MR) is 150 cm³/mol. The number of benzene rings is 1. The summed E-state index contributed by atoms with van der Waals surface area (Å²) in [7, 11) is 0. The Hall–Kier alpha value is -3.82. The van der Waals surface area contributed by atoms with Crippen LogP contribution in [0.1, 0.15) is 46.6 Å². The van der Waals surface area contributed by atoms with Gasteiger partial charge >= 0.3 is 6.09 Å². The maximum Gasteiger partial charge on any atom is 0.415 e. The molecule has 2 saturated heterocycles. The molecule has 2 amide bonds. The molecule has 0 unspecified atom stereocenters. The second kappa shape index (κ2) is 12.8. The van der Waals surface area contributed by atoms with Crippen LogP contribution in [0.25, 0.3) is 0 Å². The van der Waals surface area contributed by atoms with Crippen molar-refractivity contribution >= 4 is 17.8 Å². The zero-order valence-electron chi connectivity index (χ0n) is 22.5. The van der Waals surface area contributed by atoms with Gasteiger partial charge in [0, 0.05) is 50.5 Å². The number of likely N-dealkylation sites (tertiary alicyclic amines) is 1. The number of carbonyl (C=O) groups is 2. The molecule has 5 rings (SSSR count). The first-order valence-electron chi connectivity index (χ1n) is 13.7. The molecule has 3 aromatic rings. The number of amides is 2. The van der Waals surface area contributed by atoms with Crippen molar-refractivity contribution in [2.45, 2.75) is 39.3 Å². The fraction of sp³-hybridized carbons (Fsp3) is 0.400. The van der Waals surface area contributed by atoms with E-state index in [1.807, 2.05) is 49.4 Å². The van der Waals surface area contributed by atoms with E-state index in [-0.39, 0.29) is 5.91 Å². The summed E-state index contributed by atoms with van der Waals surface area (Å²) in [6, 6.07) is 17.0. The van der Waals surface area contributed by atoms with Crippen LogP contribution >= 0.6 is 0 Å². The van der Waals surface area contributed by atoms with Crippen molar-refractivity contribution in [2.75, 3.05) is 44.6 Å². The monoisotopic (exact) mass is 528 g/mol. The summed E-state index contributed by atoms with van der Waals surface area (Å²) in [4.78, 5) is 40.6. The van der Waals surface area contributed by atoms with Crippen LogP contribution in [0.3, 0.4) is 0 Å². The Morgan fingerprint density at radius 1 is 0.846 bits per heavy atom. The van der Waals surface area contributed by atoms with E-state index in [2.05, 4.69) is 25.1 Å². The largest absolute Gasteiger partial charge is 0.415 e. The van der Waals surface area contributed by atoms with Crippen LogP contribution in [0.4, 0.5) is 10.6 Å². The molecule has 39 heavy (non-hydrogen) atoms. The Balaban J connectivity index is 1.06. The van der Waals surface area contributed by atoms with Gasteiger partial charge < -0.3 is 15.0 Å². The Morgan fingerprint density at radius 3 is 2.28 bits per heavy atom. The van der Waals surface area contributed by atoms with Gasteiger partial charge in [0.1, 0.15) is 5.82 Å². The number of nitrogens with one attached hydrogen (secondary N) is 1. The molecule has 9 heteroatoms. The van der Waals surface area contributed by atoms with Gasteiger partial charge in [-0.05, 0) is 74.8 Å². The summed E-state index contributed by atoms with van der Waals surface area (Å²) in [6.45, 7) is 8.65. The molecule has 4 heterocycles. The molecule has 9 nitrogen and oxygen atoms in total. The van der Waals surface area contributed by atoms with Crippen LogP contribution in [0.15, 0.2) is 60.8 Å². The maximum absolute atomic E-state index is 12.7. The number of piperidine rings is 1. The lowest BCUT2D eigenvalue weighted by atomic mass is 10.1. The first-order valence-corrected chi connectivity index (χ1v) is 13.7. The van der Waals surface area contributed by atoms with Gasteiger partial charge in [0.15, 0.2) is 5.75 Å². The minimum atomic E-state index is -0.397. The minimum absolute atomic E-state index is 0.226. The standard InChI is InChI=1S/C30H36N6O3/c1-23-6-5-7-26(32-23)22-35-16-18-36(19-17-35)30(38)39-27-12-13-28(31-20-27)33-29(37)25-10-8-24(9-11-25)21-34-14-3-2-4-15-34/h5-13,20H,2-4,14-19,21-22H2,1H3,(H,31,33,37). The maximum atomic E-state index is 12.7. The van der Waals surface area contributed by atoms with Crippen LogP contribution in [0.5, 0.6) is 5.75 Å². The Morgan fingerprint density at radius 2 is 1.59 bits per heavy atom. The van der Waals surface area contributed by atoms with Crippen molar-refractivity contribution in [2.24, 2.45) is 0 Å². The van der Waals surface area contributed by atoms with Crippen LogP contribution < -0.4 is 10.1 Å². The van der Waals surface area contributed by atoms with E-state index >= 15 is 0 Å². The lowest BCUT2D eigenvalue weighted by Gasteiger charge is -2.33. The number of anilines is 1. The molecule has 0 bridgehead atoms. The molecule has 0 spiro atoms. The predicted octanol–water partition coefficient (Wildman–Crippen LogP) is 4.34. The summed E-state index contributed by atoms with van der Waals surface area (Å²) in [5.74, 6) is 0.512. The third-order valence-electron chi connectivity index (χ3n) is 7.22. The van der Waals surface area contributed by atoms with Crippen molar-refractivity contribution < 1.29 is 14.3 Å². The smallest absolute Gasteiger partial charge is 0.409 e. The number of pyridine rings is 2. The highest BCUT2D eigenvalue weighted by atomic mass is 16.6. The Labute approximate surface area is 229 Å². The van der Waals surface area contributed by atoms with Crippen LogP contribution in [0.2, 0.25) is 0 Å². The lowest BCUT2D eigenvalue weighted by molar-refractivity contribution is 0.102. The molecule has 1 aromatic carbocycles. The van der Waals surface area contributed by atoms with Crippen LogP contribution in [0, 0.1) is 6.92 Å². The number of rotatable bonds is 7. The molecule has 0 radical (unpaired) electrons. The van der Waals surface area contributed by atoms with Crippen LogP contribution in [-0.2, 0) is 13.1 Å². The first kappa shape index (κ1) is 26.8. The highest BCUT2D eigenvalue weighted by Gasteiger charge is 2.23. The minimum Gasteiger partial charge on any atom is -0.409 e. The average molecular weight is 529 g/mol. The number of carbonyl (C=O) groups excluding carboxylic acids is 2. The highest BCUT2D eigenvalue weighted by molar-refractivity contribution is 6.03.